The van der Waals surface area contributed by atoms with Crippen LogP contribution in [0.1, 0.15) is 69.4 Å². The highest BCUT2D eigenvalue weighted by molar-refractivity contribution is 7.92. The van der Waals surface area contributed by atoms with E-state index in [1.807, 2.05) is 50.2 Å². The third kappa shape index (κ3) is 8.46. The van der Waals surface area contributed by atoms with Crippen molar-refractivity contribution < 1.29 is 18.0 Å². The monoisotopic (exact) mass is 561 g/mol. The second-order valence-corrected chi connectivity index (χ2v) is 12.5. The van der Waals surface area contributed by atoms with E-state index in [1.165, 1.54) is 17.0 Å². The molecule has 1 aliphatic rings. The fourth-order valence-electron chi connectivity index (χ4n) is 5.06. The summed E-state index contributed by atoms with van der Waals surface area (Å²) in [5.74, 6) is -0.342. The van der Waals surface area contributed by atoms with E-state index in [4.69, 9.17) is 11.6 Å². The van der Waals surface area contributed by atoms with Crippen LogP contribution in [0.15, 0.2) is 48.5 Å². The highest BCUT2D eigenvalue weighted by Crippen LogP contribution is 2.23. The van der Waals surface area contributed by atoms with E-state index in [0.717, 1.165) is 36.8 Å². The molecule has 1 N–H and O–H groups in total. The minimum Gasteiger partial charge on any atom is -0.352 e. The normalized spacial score (nSPS) is 15.1. The van der Waals surface area contributed by atoms with Crippen LogP contribution >= 0.6 is 11.6 Å². The third-order valence-corrected chi connectivity index (χ3v) is 8.64. The van der Waals surface area contributed by atoms with Crippen molar-refractivity contribution in [3.63, 3.8) is 0 Å². The molecule has 1 fully saturated rings. The van der Waals surface area contributed by atoms with Crippen LogP contribution in [0.25, 0.3) is 0 Å². The Hall–Kier alpha value is -2.58. The van der Waals surface area contributed by atoms with Crippen LogP contribution < -0.4 is 9.62 Å². The number of nitrogens with zero attached hydrogens (tertiary/aromatic N) is 2. The molecule has 1 aliphatic carbocycles. The molecule has 9 heteroatoms. The first kappa shape index (κ1) is 30.0. The predicted octanol–water partition coefficient (Wildman–Crippen LogP) is 5.45. The minimum absolute atomic E-state index is 0.107. The topological polar surface area (TPSA) is 86.8 Å². The smallest absolute Gasteiger partial charge is 0.243 e. The van der Waals surface area contributed by atoms with Gasteiger partial charge in [0.1, 0.15) is 6.04 Å². The quantitative estimate of drug-likeness (QED) is 0.373. The van der Waals surface area contributed by atoms with E-state index in [9.17, 15) is 18.0 Å². The third-order valence-electron chi connectivity index (χ3n) is 7.08. The summed E-state index contributed by atoms with van der Waals surface area (Å²) in [6, 6.07) is 14.1. The fourth-order valence-corrected chi connectivity index (χ4v) is 6.21. The molecule has 0 heterocycles. The number of halogens is 1. The van der Waals surface area contributed by atoms with Gasteiger partial charge in [-0.15, -0.1) is 0 Å². The standard InChI is InChI=1S/C29H40ClN3O4S/c1-4-27(29(35)31-24-14-6-5-7-15-24)32(21-23-13-8-9-17-26(23)30)28(34)18-11-19-33(38(3,36)37)25-16-10-12-22(2)20-25/h8-10,12-13,16-17,20,24,27H,4-7,11,14-15,18-19,21H2,1-3H3,(H,31,35)/t27-/m1/s1. The lowest BCUT2D eigenvalue weighted by atomic mass is 9.95. The van der Waals surface area contributed by atoms with Crippen LogP contribution in [0.2, 0.25) is 5.02 Å². The number of benzene rings is 2. The Morgan fingerprint density at radius 3 is 2.42 bits per heavy atom. The summed E-state index contributed by atoms with van der Waals surface area (Å²) in [6.07, 6.45) is 7.37. The number of rotatable bonds is 12. The van der Waals surface area contributed by atoms with Crippen molar-refractivity contribution in [3.8, 4) is 0 Å². The number of amides is 2. The molecule has 1 saturated carbocycles. The van der Waals surface area contributed by atoms with Crippen LogP contribution in [0.4, 0.5) is 5.69 Å². The average Bonchev–Trinajstić information content (AvgIpc) is 2.87. The molecule has 0 saturated heterocycles. The van der Waals surface area contributed by atoms with Crippen LogP contribution in [-0.4, -0.2) is 50.0 Å². The van der Waals surface area contributed by atoms with Gasteiger partial charge in [0.05, 0.1) is 11.9 Å². The molecule has 3 rings (SSSR count). The summed E-state index contributed by atoms with van der Waals surface area (Å²) in [5.41, 5.74) is 2.29. The van der Waals surface area contributed by atoms with Gasteiger partial charge in [0.15, 0.2) is 0 Å². The lowest BCUT2D eigenvalue weighted by Crippen LogP contribution is -2.51. The van der Waals surface area contributed by atoms with Gasteiger partial charge in [-0.1, -0.05) is 68.1 Å². The zero-order valence-electron chi connectivity index (χ0n) is 22.7. The van der Waals surface area contributed by atoms with Crippen LogP contribution in [0.3, 0.4) is 0 Å². The molecule has 2 aromatic carbocycles. The van der Waals surface area contributed by atoms with E-state index in [-0.39, 0.29) is 37.4 Å². The Kier molecular flexibility index (Phi) is 11.0. The van der Waals surface area contributed by atoms with E-state index in [1.54, 1.807) is 17.0 Å². The molecular weight excluding hydrogens is 522 g/mol. The van der Waals surface area contributed by atoms with Gasteiger partial charge in [0.2, 0.25) is 21.8 Å². The molecule has 38 heavy (non-hydrogen) atoms. The molecule has 7 nitrogen and oxygen atoms in total. The molecule has 208 valence electrons. The van der Waals surface area contributed by atoms with E-state index >= 15 is 0 Å². The largest absolute Gasteiger partial charge is 0.352 e. The summed E-state index contributed by atoms with van der Waals surface area (Å²) >= 11 is 6.42. The highest BCUT2D eigenvalue weighted by atomic mass is 35.5. The summed E-state index contributed by atoms with van der Waals surface area (Å²) < 4.78 is 26.4. The molecule has 0 radical (unpaired) electrons. The van der Waals surface area contributed by atoms with Gasteiger partial charge in [-0.3, -0.25) is 13.9 Å². The Morgan fingerprint density at radius 1 is 1.08 bits per heavy atom. The summed E-state index contributed by atoms with van der Waals surface area (Å²) in [7, 11) is -3.53. The summed E-state index contributed by atoms with van der Waals surface area (Å²) in [6.45, 7) is 4.19. The summed E-state index contributed by atoms with van der Waals surface area (Å²) in [5, 5.41) is 3.71. The lowest BCUT2D eigenvalue weighted by Gasteiger charge is -2.33. The number of anilines is 1. The number of carbonyl (C=O) groups is 2. The molecule has 0 spiro atoms. The zero-order valence-corrected chi connectivity index (χ0v) is 24.2. The van der Waals surface area contributed by atoms with Gasteiger partial charge < -0.3 is 10.2 Å². The van der Waals surface area contributed by atoms with Gasteiger partial charge in [0, 0.05) is 30.6 Å². The zero-order chi connectivity index (χ0) is 27.7. The van der Waals surface area contributed by atoms with E-state index < -0.39 is 16.1 Å². The Balaban J connectivity index is 1.76. The molecule has 1 atom stereocenters. The fraction of sp³-hybridized carbons (Fsp3) is 0.517. The lowest BCUT2D eigenvalue weighted by molar-refractivity contribution is -0.141. The van der Waals surface area contributed by atoms with Crippen molar-refractivity contribution in [2.45, 2.75) is 83.8 Å². The number of aryl methyl sites for hydroxylation is 1. The number of sulfonamides is 1. The van der Waals surface area contributed by atoms with Crippen molar-refractivity contribution in [2.24, 2.45) is 0 Å². The number of hydrogen-bond acceptors (Lipinski definition) is 4. The van der Waals surface area contributed by atoms with Crippen molar-refractivity contribution >= 4 is 39.1 Å². The molecule has 0 aliphatic heterocycles. The maximum absolute atomic E-state index is 13.6. The van der Waals surface area contributed by atoms with Gasteiger partial charge in [-0.05, 0) is 61.9 Å². The first-order valence-electron chi connectivity index (χ1n) is 13.5. The summed E-state index contributed by atoms with van der Waals surface area (Å²) in [4.78, 5) is 28.6. The second-order valence-electron chi connectivity index (χ2n) is 10.2. The van der Waals surface area contributed by atoms with E-state index in [0.29, 0.717) is 23.6 Å². The van der Waals surface area contributed by atoms with Gasteiger partial charge in [-0.2, -0.15) is 0 Å². The van der Waals surface area contributed by atoms with Crippen molar-refractivity contribution in [1.29, 1.82) is 0 Å². The Labute approximate surface area is 232 Å². The van der Waals surface area contributed by atoms with Crippen molar-refractivity contribution in [1.82, 2.24) is 10.2 Å². The van der Waals surface area contributed by atoms with Gasteiger partial charge in [0.25, 0.3) is 0 Å². The SMILES string of the molecule is CC[C@H](C(=O)NC1CCCCC1)N(Cc1ccccc1Cl)C(=O)CCCN(c1cccc(C)c1)S(C)(=O)=O. The van der Waals surface area contributed by atoms with Crippen molar-refractivity contribution in [3.05, 3.63) is 64.7 Å². The number of carbonyl (C=O) groups excluding carboxylic acids is 2. The number of nitrogens with one attached hydrogen (secondary N) is 1. The molecule has 0 aromatic heterocycles. The van der Waals surface area contributed by atoms with Gasteiger partial charge in [-0.25, -0.2) is 8.42 Å². The molecule has 2 aromatic rings. The Bertz CT molecular complexity index is 1200. The average molecular weight is 562 g/mol. The Morgan fingerprint density at radius 2 is 1.79 bits per heavy atom. The minimum atomic E-state index is -3.53. The maximum atomic E-state index is 13.6. The molecule has 0 unspecified atom stereocenters. The first-order valence-corrected chi connectivity index (χ1v) is 15.7. The van der Waals surface area contributed by atoms with Crippen LogP contribution in [-0.2, 0) is 26.2 Å². The van der Waals surface area contributed by atoms with Crippen LogP contribution in [0.5, 0.6) is 0 Å². The highest BCUT2D eigenvalue weighted by Gasteiger charge is 2.30. The van der Waals surface area contributed by atoms with Crippen molar-refractivity contribution in [2.75, 3.05) is 17.1 Å². The number of hydrogen-bond donors (Lipinski definition) is 1. The second kappa shape index (κ2) is 14.0. The van der Waals surface area contributed by atoms with Crippen LogP contribution in [0, 0.1) is 6.92 Å². The maximum Gasteiger partial charge on any atom is 0.243 e. The molecular formula is C29H40ClN3O4S. The predicted molar refractivity (Wildman–Crippen MR) is 154 cm³/mol. The first-order chi connectivity index (χ1) is 18.1. The molecule has 2 amide bonds. The van der Waals surface area contributed by atoms with Gasteiger partial charge >= 0.3 is 0 Å². The van der Waals surface area contributed by atoms with E-state index in [2.05, 4.69) is 5.32 Å². The molecule has 0 bridgehead atoms.